The van der Waals surface area contributed by atoms with Gasteiger partial charge in [0.15, 0.2) is 18.0 Å². The molecule has 2 atom stereocenters. The van der Waals surface area contributed by atoms with Gasteiger partial charge >= 0.3 is 12.3 Å². The van der Waals surface area contributed by atoms with Crippen LogP contribution in [0.1, 0.15) is 61.5 Å². The summed E-state index contributed by atoms with van der Waals surface area (Å²) in [5.41, 5.74) is 0.582. The average Bonchev–Trinajstić information content (AvgIpc) is 3.46. The largest absolute Gasteiger partial charge is 0.481 e. The molecule has 0 radical (unpaired) electrons. The van der Waals surface area contributed by atoms with Crippen molar-refractivity contribution < 1.29 is 41.0 Å². The van der Waals surface area contributed by atoms with Gasteiger partial charge in [-0.3, -0.25) is 4.79 Å². The van der Waals surface area contributed by atoms with Gasteiger partial charge in [-0.25, -0.2) is 23.1 Å². The van der Waals surface area contributed by atoms with Gasteiger partial charge in [0.1, 0.15) is 11.6 Å². The van der Waals surface area contributed by atoms with Gasteiger partial charge in [-0.2, -0.15) is 18.3 Å². The summed E-state index contributed by atoms with van der Waals surface area (Å²) >= 11 is 1.12. The lowest BCUT2D eigenvalue weighted by atomic mass is 9.86. The van der Waals surface area contributed by atoms with E-state index in [0.29, 0.717) is 23.2 Å². The third-order valence-electron chi connectivity index (χ3n) is 6.25. The summed E-state index contributed by atoms with van der Waals surface area (Å²) in [6, 6.07) is -1.15. The molecule has 15 heteroatoms. The molecule has 3 aromatic heterocycles. The summed E-state index contributed by atoms with van der Waals surface area (Å²) < 4.78 is 78.7. The lowest BCUT2D eigenvalue weighted by Gasteiger charge is -2.38. The summed E-state index contributed by atoms with van der Waals surface area (Å²) in [5.74, 6) is -4.13. The third kappa shape index (κ3) is 7.43. The first-order chi connectivity index (χ1) is 19.1. The van der Waals surface area contributed by atoms with E-state index in [1.165, 1.54) is 16.9 Å². The molecule has 1 saturated carbocycles. The van der Waals surface area contributed by atoms with E-state index in [4.69, 9.17) is 9.47 Å². The van der Waals surface area contributed by atoms with E-state index in [1.54, 1.807) is 26.8 Å². The topological polar surface area (TPSA) is 107 Å². The van der Waals surface area contributed by atoms with Crippen LogP contribution in [0.15, 0.2) is 24.7 Å². The molecule has 2 amide bonds. The zero-order valence-corrected chi connectivity index (χ0v) is 23.6. The van der Waals surface area contributed by atoms with E-state index in [-0.39, 0.29) is 23.5 Å². The number of halogens is 5. The van der Waals surface area contributed by atoms with Gasteiger partial charge < -0.3 is 20.1 Å². The highest BCUT2D eigenvalue weighted by Crippen LogP contribution is 2.37. The lowest BCUT2D eigenvalue weighted by molar-refractivity contribution is -0.153. The number of ether oxygens (including phenoxy) is 2. The molecule has 0 unspecified atom stereocenters. The Morgan fingerprint density at radius 2 is 1.90 bits per heavy atom. The number of aromatic nitrogens is 3. The first-order valence-electron chi connectivity index (χ1n) is 12.9. The van der Waals surface area contributed by atoms with Crippen LogP contribution in [-0.4, -0.2) is 63.0 Å². The molecule has 4 rings (SSSR count). The van der Waals surface area contributed by atoms with Gasteiger partial charge in [-0.1, -0.05) is 6.92 Å². The van der Waals surface area contributed by atoms with Crippen LogP contribution in [-0.2, 0) is 11.2 Å². The van der Waals surface area contributed by atoms with Gasteiger partial charge in [-0.05, 0) is 46.1 Å². The number of nitrogens with one attached hydrogen (secondary N) is 2. The van der Waals surface area contributed by atoms with Crippen molar-refractivity contribution >= 4 is 29.0 Å². The maximum atomic E-state index is 15.0. The van der Waals surface area contributed by atoms with E-state index >= 15 is 0 Å². The quantitative estimate of drug-likeness (QED) is 0.332. The Morgan fingerprint density at radius 3 is 2.56 bits per heavy atom. The summed E-state index contributed by atoms with van der Waals surface area (Å²) in [6.07, 6.45) is -1.06. The number of hydrogen-bond donors (Lipinski definition) is 2. The van der Waals surface area contributed by atoms with Crippen LogP contribution in [0.5, 0.6) is 5.75 Å². The van der Waals surface area contributed by atoms with Crippen molar-refractivity contribution in [1.82, 2.24) is 25.2 Å². The van der Waals surface area contributed by atoms with Gasteiger partial charge in [0.25, 0.3) is 11.8 Å². The fraction of sp³-hybridized carbons (Fsp3) is 0.538. The molecule has 0 bridgehead atoms. The maximum absolute atomic E-state index is 15.0. The molecule has 3 heterocycles. The van der Waals surface area contributed by atoms with Crippen molar-refractivity contribution in [3.63, 3.8) is 0 Å². The third-order valence-corrected chi connectivity index (χ3v) is 7.53. The summed E-state index contributed by atoms with van der Waals surface area (Å²) in [6.45, 7) is 5.34. The van der Waals surface area contributed by atoms with Gasteiger partial charge in [0.05, 0.1) is 29.5 Å². The Labute approximate surface area is 236 Å². The number of nitrogens with zero attached hydrogens (tertiary/aromatic N) is 3. The molecule has 41 heavy (non-hydrogen) atoms. The highest BCUT2D eigenvalue weighted by atomic mass is 32.1. The molecule has 2 N–H and O–H groups in total. The van der Waals surface area contributed by atoms with Gasteiger partial charge in [0, 0.05) is 22.4 Å². The normalized spacial score (nSPS) is 19.1. The molecule has 0 aromatic carbocycles. The van der Waals surface area contributed by atoms with Gasteiger partial charge in [-0.15, -0.1) is 11.3 Å². The summed E-state index contributed by atoms with van der Waals surface area (Å²) in [5, 5.41) is 9.07. The van der Waals surface area contributed by atoms with Crippen LogP contribution in [0.4, 0.5) is 26.7 Å². The number of carbonyl (C=O) groups excluding carboxylic acids is 2. The van der Waals surface area contributed by atoms with Crippen LogP contribution < -0.4 is 15.4 Å². The predicted molar refractivity (Wildman–Crippen MR) is 140 cm³/mol. The Hall–Kier alpha value is -3.49. The van der Waals surface area contributed by atoms with E-state index in [0.717, 1.165) is 22.4 Å². The second-order valence-corrected chi connectivity index (χ2v) is 11.8. The van der Waals surface area contributed by atoms with Crippen molar-refractivity contribution in [1.29, 1.82) is 0 Å². The fourth-order valence-electron chi connectivity index (χ4n) is 4.53. The first kappa shape index (κ1) is 30.5. The Kier molecular flexibility index (Phi) is 8.48. The number of fused-ring (bicyclic) bond motifs is 1. The molecule has 0 spiro atoms. The number of alkyl carbamates (subject to hydrolysis) is 1. The van der Waals surface area contributed by atoms with Crippen molar-refractivity contribution in [2.24, 2.45) is 0 Å². The van der Waals surface area contributed by atoms with Crippen LogP contribution in [0, 0.1) is 0 Å². The lowest BCUT2D eigenvalue weighted by Crippen LogP contribution is -2.62. The Bertz CT molecular complexity index is 1420. The van der Waals surface area contributed by atoms with Crippen LogP contribution in [0.3, 0.4) is 0 Å². The van der Waals surface area contributed by atoms with Gasteiger partial charge in [0.2, 0.25) is 0 Å². The van der Waals surface area contributed by atoms with Crippen molar-refractivity contribution in [2.45, 2.75) is 83.2 Å². The van der Waals surface area contributed by atoms with E-state index in [2.05, 4.69) is 20.7 Å². The number of carbonyl (C=O) groups is 2. The van der Waals surface area contributed by atoms with Crippen molar-refractivity contribution in [2.75, 3.05) is 6.61 Å². The summed E-state index contributed by atoms with van der Waals surface area (Å²) in [4.78, 5) is 30.7. The average molecular weight is 604 g/mol. The molecular formula is C26H30F5N5O4S. The number of alkyl halides is 5. The number of amides is 2. The van der Waals surface area contributed by atoms with Crippen LogP contribution in [0.2, 0.25) is 0 Å². The monoisotopic (exact) mass is 603 g/mol. The smallest absolute Gasteiger partial charge is 0.422 e. The Balaban J connectivity index is 1.56. The standard InChI is InChI=1S/C26H30F5N5O4S/c1-5-18-15(16-11-33-36-12-14(10-32-21(16)36)39-13-26(29,30)31)9-19(41-18)22(37)35-20-17(7-6-8-25(20,27)28)34-23(38)40-24(2,3)4/h9-12,17,20H,5-8,13H2,1-4H3,(H,34,38)(H,35,37)/t17-,20-/m1/s1. The van der Waals surface area contributed by atoms with E-state index < -0.39 is 54.8 Å². The number of aryl methyl sites for hydroxylation is 1. The van der Waals surface area contributed by atoms with Crippen LogP contribution >= 0.6 is 11.3 Å². The molecule has 9 nitrogen and oxygen atoms in total. The SMILES string of the molecule is CCc1sc(C(=O)N[C@@H]2[C@H](NC(=O)OC(C)(C)C)CCCC2(F)F)cc1-c1cnn2cc(OCC(F)(F)F)cnc12. The number of hydrogen-bond acceptors (Lipinski definition) is 7. The number of rotatable bonds is 7. The summed E-state index contributed by atoms with van der Waals surface area (Å²) in [7, 11) is 0. The predicted octanol–water partition coefficient (Wildman–Crippen LogP) is 5.77. The first-order valence-corrected chi connectivity index (χ1v) is 13.7. The molecule has 1 aliphatic carbocycles. The second kappa shape index (κ2) is 11.4. The fourth-order valence-corrected chi connectivity index (χ4v) is 5.54. The zero-order chi connectivity index (χ0) is 30.2. The molecule has 0 aliphatic heterocycles. The molecule has 0 saturated heterocycles. The van der Waals surface area contributed by atoms with E-state index in [9.17, 15) is 31.5 Å². The highest BCUT2D eigenvalue weighted by molar-refractivity contribution is 7.14. The molecule has 224 valence electrons. The molecule has 1 fully saturated rings. The van der Waals surface area contributed by atoms with Crippen molar-refractivity contribution in [3.8, 4) is 16.9 Å². The minimum atomic E-state index is -4.51. The second-order valence-electron chi connectivity index (χ2n) is 10.7. The maximum Gasteiger partial charge on any atom is 0.422 e. The molecule has 1 aliphatic rings. The minimum Gasteiger partial charge on any atom is -0.481 e. The molecular weight excluding hydrogens is 573 g/mol. The number of thiophene rings is 1. The zero-order valence-electron chi connectivity index (χ0n) is 22.8. The van der Waals surface area contributed by atoms with Crippen LogP contribution in [0.25, 0.3) is 16.8 Å². The van der Waals surface area contributed by atoms with Crippen molar-refractivity contribution in [3.05, 3.63) is 34.4 Å². The van der Waals surface area contributed by atoms with E-state index in [1.807, 2.05) is 6.92 Å². The molecule has 3 aromatic rings. The minimum absolute atomic E-state index is 0.131. The highest BCUT2D eigenvalue weighted by Gasteiger charge is 2.49. The Morgan fingerprint density at radius 1 is 1.17 bits per heavy atom.